The van der Waals surface area contributed by atoms with Gasteiger partial charge in [0.2, 0.25) is 0 Å². The number of hydrogen-bond donors (Lipinski definition) is 2. The van der Waals surface area contributed by atoms with E-state index >= 15 is 0 Å². The van der Waals surface area contributed by atoms with Crippen LogP contribution in [0.15, 0.2) is 77.3 Å². The standard InChI is InChI=1S/C23H20BrClN2O3/c1-30-21(28)14-26-22(15-7-3-2-4-8-15)18-13-16(24)11-12-20(18)27-23(29)17-9-5-6-10-19(17)25/h2-13,22,26H,14H2,1H3,(H,27,29)/p+1. The van der Waals surface area contributed by atoms with Crippen molar-refractivity contribution in [1.82, 2.24) is 0 Å². The molecule has 0 saturated carbocycles. The Hall–Kier alpha value is -2.67. The number of hydrogen-bond acceptors (Lipinski definition) is 3. The summed E-state index contributed by atoms with van der Waals surface area (Å²) in [5, 5.41) is 5.23. The van der Waals surface area contributed by atoms with Crippen LogP contribution in [0, 0.1) is 0 Å². The summed E-state index contributed by atoms with van der Waals surface area (Å²) < 4.78 is 5.66. The predicted molar refractivity (Wildman–Crippen MR) is 121 cm³/mol. The van der Waals surface area contributed by atoms with Gasteiger partial charge in [0.25, 0.3) is 5.91 Å². The van der Waals surface area contributed by atoms with E-state index in [4.69, 9.17) is 16.3 Å². The predicted octanol–water partition coefficient (Wildman–Crippen LogP) is 4.18. The number of carbonyl (C=O) groups is 2. The van der Waals surface area contributed by atoms with Crippen LogP contribution >= 0.6 is 27.5 Å². The van der Waals surface area contributed by atoms with Crippen molar-refractivity contribution in [3.63, 3.8) is 0 Å². The fourth-order valence-electron chi connectivity index (χ4n) is 3.14. The number of anilines is 1. The number of methoxy groups -OCH3 is 1. The molecule has 0 saturated heterocycles. The normalized spacial score (nSPS) is 11.6. The zero-order chi connectivity index (χ0) is 21.5. The SMILES string of the molecule is COC(=O)C[NH2+]C(c1ccccc1)c1cc(Br)ccc1NC(=O)c1ccccc1Cl. The molecule has 0 heterocycles. The quantitative estimate of drug-likeness (QED) is 0.490. The zero-order valence-electron chi connectivity index (χ0n) is 16.3. The number of esters is 1. The first-order chi connectivity index (χ1) is 14.5. The number of amides is 1. The number of ether oxygens (including phenoxy) is 1. The molecule has 3 rings (SSSR count). The molecule has 154 valence electrons. The smallest absolute Gasteiger partial charge is 0.361 e. The Morgan fingerprint density at radius 1 is 1.07 bits per heavy atom. The van der Waals surface area contributed by atoms with Crippen molar-refractivity contribution >= 4 is 45.1 Å². The molecule has 3 aromatic carbocycles. The van der Waals surface area contributed by atoms with Crippen LogP contribution in [0.1, 0.15) is 27.5 Å². The van der Waals surface area contributed by atoms with Crippen molar-refractivity contribution in [2.75, 3.05) is 19.0 Å². The molecule has 0 spiro atoms. The molecule has 1 amide bonds. The van der Waals surface area contributed by atoms with Crippen molar-refractivity contribution < 1.29 is 19.6 Å². The van der Waals surface area contributed by atoms with Gasteiger partial charge in [-0.05, 0) is 30.3 Å². The van der Waals surface area contributed by atoms with Gasteiger partial charge < -0.3 is 15.4 Å². The Morgan fingerprint density at radius 2 is 1.77 bits per heavy atom. The lowest BCUT2D eigenvalue weighted by Crippen LogP contribution is -2.87. The maximum Gasteiger partial charge on any atom is 0.361 e. The van der Waals surface area contributed by atoms with E-state index in [2.05, 4.69) is 21.2 Å². The summed E-state index contributed by atoms with van der Waals surface area (Å²) in [6.07, 6.45) is 0. The highest BCUT2D eigenvalue weighted by atomic mass is 79.9. The lowest BCUT2D eigenvalue weighted by Gasteiger charge is -2.20. The maximum absolute atomic E-state index is 12.9. The van der Waals surface area contributed by atoms with Gasteiger partial charge in [-0.3, -0.25) is 4.79 Å². The van der Waals surface area contributed by atoms with Crippen LogP contribution in [-0.2, 0) is 9.53 Å². The zero-order valence-corrected chi connectivity index (χ0v) is 18.6. The molecule has 5 nitrogen and oxygen atoms in total. The van der Waals surface area contributed by atoms with Crippen LogP contribution < -0.4 is 10.6 Å². The van der Waals surface area contributed by atoms with Gasteiger partial charge in [0.05, 0.1) is 23.4 Å². The third-order valence-corrected chi connectivity index (χ3v) is 5.44. The Bertz CT molecular complexity index is 1040. The lowest BCUT2D eigenvalue weighted by molar-refractivity contribution is -0.677. The number of quaternary nitrogens is 1. The fraction of sp³-hybridized carbons (Fsp3) is 0.130. The summed E-state index contributed by atoms with van der Waals surface area (Å²) in [6, 6.07) is 22.1. The van der Waals surface area contributed by atoms with Gasteiger partial charge >= 0.3 is 5.97 Å². The Labute approximate surface area is 188 Å². The van der Waals surface area contributed by atoms with Gasteiger partial charge in [0.15, 0.2) is 6.54 Å². The summed E-state index contributed by atoms with van der Waals surface area (Å²) in [7, 11) is 1.36. The first kappa shape index (κ1) is 22.0. The van der Waals surface area contributed by atoms with E-state index in [0.29, 0.717) is 16.3 Å². The number of nitrogens with two attached hydrogens (primary N) is 1. The molecule has 0 aromatic heterocycles. The highest BCUT2D eigenvalue weighted by molar-refractivity contribution is 9.10. The summed E-state index contributed by atoms with van der Waals surface area (Å²) >= 11 is 9.70. The van der Waals surface area contributed by atoms with Gasteiger partial charge in [-0.15, -0.1) is 0 Å². The number of halogens is 2. The molecular weight excluding hydrogens is 468 g/mol. The van der Waals surface area contributed by atoms with Gasteiger partial charge in [0, 0.05) is 15.6 Å². The maximum atomic E-state index is 12.9. The average molecular weight is 489 g/mol. The highest BCUT2D eigenvalue weighted by Crippen LogP contribution is 2.30. The average Bonchev–Trinajstić information content (AvgIpc) is 2.76. The molecule has 0 aliphatic rings. The van der Waals surface area contributed by atoms with E-state index in [9.17, 15) is 9.59 Å². The molecule has 1 atom stereocenters. The molecule has 0 radical (unpaired) electrons. The molecule has 0 aliphatic carbocycles. The molecule has 3 aromatic rings. The molecule has 0 aliphatic heterocycles. The minimum atomic E-state index is -0.326. The van der Waals surface area contributed by atoms with E-state index in [-0.39, 0.29) is 24.5 Å². The number of carbonyl (C=O) groups excluding carboxylic acids is 2. The summed E-state index contributed by atoms with van der Waals surface area (Å²) in [6.45, 7) is 0.139. The van der Waals surface area contributed by atoms with Crippen molar-refractivity contribution in [2.45, 2.75) is 6.04 Å². The molecule has 0 fully saturated rings. The minimum Gasteiger partial charge on any atom is -0.465 e. The van der Waals surface area contributed by atoms with E-state index < -0.39 is 0 Å². The molecule has 7 heteroatoms. The van der Waals surface area contributed by atoms with Crippen LogP contribution in [-0.4, -0.2) is 25.5 Å². The van der Waals surface area contributed by atoms with Gasteiger partial charge in [0.1, 0.15) is 6.04 Å². The molecule has 0 bridgehead atoms. The molecule has 30 heavy (non-hydrogen) atoms. The van der Waals surface area contributed by atoms with E-state index in [1.165, 1.54) is 7.11 Å². The topological polar surface area (TPSA) is 72.0 Å². The van der Waals surface area contributed by atoms with Gasteiger partial charge in [-0.2, -0.15) is 0 Å². The van der Waals surface area contributed by atoms with Crippen molar-refractivity contribution in [1.29, 1.82) is 0 Å². The summed E-state index contributed by atoms with van der Waals surface area (Å²) in [5.41, 5.74) is 2.87. The van der Waals surface area contributed by atoms with Crippen LogP contribution in [0.3, 0.4) is 0 Å². The number of benzene rings is 3. The molecule has 1 unspecified atom stereocenters. The van der Waals surface area contributed by atoms with Crippen LogP contribution in [0.5, 0.6) is 0 Å². The van der Waals surface area contributed by atoms with Crippen LogP contribution in [0.4, 0.5) is 5.69 Å². The van der Waals surface area contributed by atoms with Crippen LogP contribution in [0.2, 0.25) is 5.02 Å². The van der Waals surface area contributed by atoms with E-state index in [1.54, 1.807) is 24.3 Å². The first-order valence-electron chi connectivity index (χ1n) is 9.30. The number of rotatable bonds is 7. The van der Waals surface area contributed by atoms with Gasteiger partial charge in [-0.25, -0.2) is 4.79 Å². The van der Waals surface area contributed by atoms with Crippen LogP contribution in [0.25, 0.3) is 0 Å². The number of nitrogens with one attached hydrogen (secondary N) is 1. The first-order valence-corrected chi connectivity index (χ1v) is 10.5. The lowest BCUT2D eigenvalue weighted by atomic mass is 9.96. The Kier molecular flexibility index (Phi) is 7.63. The highest BCUT2D eigenvalue weighted by Gasteiger charge is 2.24. The van der Waals surface area contributed by atoms with Crippen molar-refractivity contribution in [3.05, 3.63) is 99.0 Å². The van der Waals surface area contributed by atoms with Crippen molar-refractivity contribution in [3.8, 4) is 0 Å². The van der Waals surface area contributed by atoms with Gasteiger partial charge in [-0.1, -0.05) is 70.0 Å². The fourth-order valence-corrected chi connectivity index (χ4v) is 3.74. The Balaban J connectivity index is 1.99. The summed E-state index contributed by atoms with van der Waals surface area (Å²) in [4.78, 5) is 24.6. The second kappa shape index (κ2) is 10.4. The van der Waals surface area contributed by atoms with E-state index in [1.807, 2.05) is 53.8 Å². The summed E-state index contributed by atoms with van der Waals surface area (Å²) in [5.74, 6) is -0.628. The van der Waals surface area contributed by atoms with E-state index in [0.717, 1.165) is 15.6 Å². The molecule has 3 N–H and O–H groups in total. The van der Waals surface area contributed by atoms with Crippen molar-refractivity contribution in [2.24, 2.45) is 0 Å². The Morgan fingerprint density at radius 3 is 2.47 bits per heavy atom. The third-order valence-electron chi connectivity index (χ3n) is 4.62. The second-order valence-corrected chi connectivity index (χ2v) is 7.89. The largest absolute Gasteiger partial charge is 0.465 e. The monoisotopic (exact) mass is 487 g/mol. The molecular formula is C23H21BrClN2O3+. The second-order valence-electron chi connectivity index (χ2n) is 6.57. The minimum absolute atomic E-state index is 0.139. The third kappa shape index (κ3) is 5.48.